The highest BCUT2D eigenvalue weighted by molar-refractivity contribution is 5.76. The Morgan fingerprint density at radius 2 is 2.17 bits per heavy atom. The first-order valence-corrected chi connectivity index (χ1v) is 3.66. The SMILES string of the molecule is Cc1cccc(O)c1/C=C/C=O. The maximum atomic E-state index is 10.0. The fraction of sp³-hybridized carbons (Fsp3) is 0.100. The molecule has 1 N–H and O–H groups in total. The molecule has 0 heterocycles. The second kappa shape index (κ2) is 3.72. The summed E-state index contributed by atoms with van der Waals surface area (Å²) in [4.78, 5) is 10.0. The van der Waals surface area contributed by atoms with Crippen LogP contribution < -0.4 is 0 Å². The number of rotatable bonds is 2. The molecule has 62 valence electrons. The molecule has 0 radical (unpaired) electrons. The molecule has 0 aliphatic heterocycles. The average molecular weight is 162 g/mol. The van der Waals surface area contributed by atoms with Crippen molar-refractivity contribution in [1.82, 2.24) is 0 Å². The molecule has 0 atom stereocenters. The molecule has 1 aromatic rings. The van der Waals surface area contributed by atoms with Crippen LogP contribution in [0.25, 0.3) is 6.08 Å². The lowest BCUT2D eigenvalue weighted by molar-refractivity contribution is -0.104. The summed E-state index contributed by atoms with van der Waals surface area (Å²) >= 11 is 0. The summed E-state index contributed by atoms with van der Waals surface area (Å²) < 4.78 is 0. The minimum atomic E-state index is 0.202. The van der Waals surface area contributed by atoms with Gasteiger partial charge in [-0.1, -0.05) is 12.1 Å². The van der Waals surface area contributed by atoms with Crippen molar-refractivity contribution < 1.29 is 9.90 Å². The van der Waals surface area contributed by atoms with Crippen LogP contribution in [0.1, 0.15) is 11.1 Å². The lowest BCUT2D eigenvalue weighted by Crippen LogP contribution is -1.80. The summed E-state index contributed by atoms with van der Waals surface area (Å²) in [6.07, 6.45) is 3.64. The van der Waals surface area contributed by atoms with Gasteiger partial charge in [0.05, 0.1) is 0 Å². The van der Waals surface area contributed by atoms with Crippen molar-refractivity contribution in [3.63, 3.8) is 0 Å². The highest BCUT2D eigenvalue weighted by atomic mass is 16.3. The lowest BCUT2D eigenvalue weighted by atomic mass is 10.1. The second-order valence-corrected chi connectivity index (χ2v) is 2.50. The third-order valence-electron chi connectivity index (χ3n) is 1.64. The van der Waals surface area contributed by atoms with Crippen LogP contribution in [0.3, 0.4) is 0 Å². The summed E-state index contributed by atoms with van der Waals surface area (Å²) in [5.41, 5.74) is 1.65. The number of aryl methyl sites for hydroxylation is 1. The van der Waals surface area contributed by atoms with Gasteiger partial charge in [-0.3, -0.25) is 4.79 Å². The van der Waals surface area contributed by atoms with E-state index < -0.39 is 0 Å². The van der Waals surface area contributed by atoms with Crippen molar-refractivity contribution >= 4 is 12.4 Å². The van der Waals surface area contributed by atoms with Crippen molar-refractivity contribution in [2.45, 2.75) is 6.92 Å². The van der Waals surface area contributed by atoms with Gasteiger partial charge < -0.3 is 5.11 Å². The number of hydrogen-bond donors (Lipinski definition) is 1. The Morgan fingerprint density at radius 1 is 1.42 bits per heavy atom. The Labute approximate surface area is 71.2 Å². The highest BCUT2D eigenvalue weighted by Crippen LogP contribution is 2.21. The molecule has 0 saturated heterocycles. The van der Waals surface area contributed by atoms with Gasteiger partial charge in [-0.2, -0.15) is 0 Å². The predicted octanol–water partition coefficient (Wildman–Crippen LogP) is 1.91. The van der Waals surface area contributed by atoms with E-state index in [0.29, 0.717) is 11.8 Å². The van der Waals surface area contributed by atoms with E-state index in [1.54, 1.807) is 18.2 Å². The summed E-state index contributed by atoms with van der Waals surface area (Å²) in [5.74, 6) is 0.202. The van der Waals surface area contributed by atoms with Gasteiger partial charge >= 0.3 is 0 Å². The number of phenols is 1. The van der Waals surface area contributed by atoms with Crippen LogP contribution in [0.2, 0.25) is 0 Å². The second-order valence-electron chi connectivity index (χ2n) is 2.50. The average Bonchev–Trinajstić information content (AvgIpc) is 2.04. The van der Waals surface area contributed by atoms with Gasteiger partial charge in [0.15, 0.2) is 0 Å². The van der Waals surface area contributed by atoms with E-state index in [0.717, 1.165) is 5.56 Å². The third kappa shape index (κ3) is 1.72. The van der Waals surface area contributed by atoms with Crippen molar-refractivity contribution in [1.29, 1.82) is 0 Å². The van der Waals surface area contributed by atoms with Crippen LogP contribution >= 0.6 is 0 Å². The summed E-state index contributed by atoms with van der Waals surface area (Å²) in [5, 5.41) is 9.35. The van der Waals surface area contributed by atoms with Gasteiger partial charge in [-0.25, -0.2) is 0 Å². The minimum Gasteiger partial charge on any atom is -0.507 e. The molecule has 0 aromatic heterocycles. The Kier molecular flexibility index (Phi) is 2.64. The van der Waals surface area contributed by atoms with Gasteiger partial charge in [-0.05, 0) is 30.7 Å². The quantitative estimate of drug-likeness (QED) is 0.532. The number of hydrogen-bond acceptors (Lipinski definition) is 2. The molecule has 1 rings (SSSR count). The minimum absolute atomic E-state index is 0.202. The highest BCUT2D eigenvalue weighted by Gasteiger charge is 1.98. The monoisotopic (exact) mass is 162 g/mol. The van der Waals surface area contributed by atoms with E-state index in [2.05, 4.69) is 0 Å². The van der Waals surface area contributed by atoms with Crippen LogP contribution in [-0.4, -0.2) is 11.4 Å². The molecule has 2 nitrogen and oxygen atoms in total. The predicted molar refractivity (Wildman–Crippen MR) is 47.9 cm³/mol. The van der Waals surface area contributed by atoms with E-state index in [9.17, 15) is 9.90 Å². The zero-order valence-electron chi connectivity index (χ0n) is 6.82. The van der Waals surface area contributed by atoms with Crippen molar-refractivity contribution in [2.24, 2.45) is 0 Å². The largest absolute Gasteiger partial charge is 0.507 e. The Bertz CT molecular complexity index is 293. The summed E-state index contributed by atoms with van der Waals surface area (Å²) in [6, 6.07) is 5.24. The molecular weight excluding hydrogens is 152 g/mol. The van der Waals surface area contributed by atoms with E-state index in [1.165, 1.54) is 6.08 Å². The van der Waals surface area contributed by atoms with Crippen LogP contribution in [0.15, 0.2) is 24.3 Å². The molecule has 0 aliphatic carbocycles. The number of aldehydes is 1. The maximum absolute atomic E-state index is 10.0. The molecule has 0 spiro atoms. The molecule has 0 amide bonds. The Balaban J connectivity index is 3.12. The Morgan fingerprint density at radius 3 is 2.75 bits per heavy atom. The first-order chi connectivity index (χ1) is 5.75. The van der Waals surface area contributed by atoms with E-state index in [-0.39, 0.29) is 5.75 Å². The van der Waals surface area contributed by atoms with Gasteiger partial charge in [-0.15, -0.1) is 0 Å². The van der Waals surface area contributed by atoms with Crippen molar-refractivity contribution in [3.05, 3.63) is 35.4 Å². The van der Waals surface area contributed by atoms with Gasteiger partial charge in [0.1, 0.15) is 12.0 Å². The summed E-state index contributed by atoms with van der Waals surface area (Å²) in [7, 11) is 0. The van der Waals surface area contributed by atoms with E-state index in [4.69, 9.17) is 0 Å². The zero-order valence-corrected chi connectivity index (χ0v) is 6.82. The number of phenolic OH excluding ortho intramolecular Hbond substituents is 1. The third-order valence-corrected chi connectivity index (χ3v) is 1.64. The first-order valence-electron chi connectivity index (χ1n) is 3.66. The molecule has 0 fully saturated rings. The van der Waals surface area contributed by atoms with Crippen molar-refractivity contribution in [2.75, 3.05) is 0 Å². The van der Waals surface area contributed by atoms with Crippen LogP contribution in [0.5, 0.6) is 5.75 Å². The zero-order chi connectivity index (χ0) is 8.97. The number of allylic oxidation sites excluding steroid dienone is 1. The molecule has 0 aliphatic rings. The van der Waals surface area contributed by atoms with Crippen LogP contribution in [0, 0.1) is 6.92 Å². The fourth-order valence-corrected chi connectivity index (χ4v) is 1.02. The van der Waals surface area contributed by atoms with E-state index in [1.807, 2.05) is 13.0 Å². The van der Waals surface area contributed by atoms with Crippen LogP contribution in [-0.2, 0) is 4.79 Å². The molecule has 2 heteroatoms. The number of carbonyl (C=O) groups is 1. The number of carbonyl (C=O) groups excluding carboxylic acids is 1. The summed E-state index contributed by atoms with van der Waals surface area (Å²) in [6.45, 7) is 1.88. The molecule has 1 aromatic carbocycles. The number of aromatic hydroxyl groups is 1. The molecule has 0 bridgehead atoms. The molecule has 0 unspecified atom stereocenters. The molecular formula is C10H10O2. The standard InChI is InChI=1S/C10H10O2/c1-8-4-2-6-10(12)9(8)5-3-7-11/h2-7,12H,1H3/b5-3+. The van der Waals surface area contributed by atoms with Gasteiger partial charge in [0, 0.05) is 5.56 Å². The maximum Gasteiger partial charge on any atom is 0.142 e. The lowest BCUT2D eigenvalue weighted by Gasteiger charge is -2.01. The smallest absolute Gasteiger partial charge is 0.142 e. The van der Waals surface area contributed by atoms with Crippen molar-refractivity contribution in [3.8, 4) is 5.75 Å². The van der Waals surface area contributed by atoms with Gasteiger partial charge in [0.2, 0.25) is 0 Å². The fourth-order valence-electron chi connectivity index (χ4n) is 1.02. The van der Waals surface area contributed by atoms with Crippen LogP contribution in [0.4, 0.5) is 0 Å². The normalized spacial score (nSPS) is 10.4. The molecule has 0 saturated carbocycles. The van der Waals surface area contributed by atoms with E-state index >= 15 is 0 Å². The first kappa shape index (κ1) is 8.53. The number of benzene rings is 1. The van der Waals surface area contributed by atoms with Gasteiger partial charge in [0.25, 0.3) is 0 Å². The topological polar surface area (TPSA) is 37.3 Å². The molecule has 12 heavy (non-hydrogen) atoms. The Hall–Kier alpha value is -1.57.